The van der Waals surface area contributed by atoms with Gasteiger partial charge in [-0.2, -0.15) is 18.3 Å². The summed E-state index contributed by atoms with van der Waals surface area (Å²) in [5.41, 5.74) is -0.404. The number of nitrogens with zero attached hydrogens (tertiary/aromatic N) is 4. The van der Waals surface area contributed by atoms with Crippen molar-refractivity contribution in [2.45, 2.75) is 19.6 Å². The number of hydrogen-bond donors (Lipinski definition) is 2. The number of aryl methyl sites for hydroxylation is 1. The number of halogens is 4. The normalized spacial score (nSPS) is 11.2. The molecular formula is C17H20F3IN6. The molecule has 1 aromatic carbocycles. The zero-order valence-corrected chi connectivity index (χ0v) is 17.2. The molecule has 0 radical (unpaired) electrons. The lowest BCUT2D eigenvalue weighted by Gasteiger charge is -2.08. The molecule has 1 heterocycles. The van der Waals surface area contributed by atoms with Crippen LogP contribution in [0.3, 0.4) is 0 Å². The summed E-state index contributed by atoms with van der Waals surface area (Å²) in [7, 11) is 1.78. The second-order valence-corrected chi connectivity index (χ2v) is 5.23. The van der Waals surface area contributed by atoms with Crippen LogP contribution >= 0.6 is 24.0 Å². The van der Waals surface area contributed by atoms with Gasteiger partial charge in [0.25, 0.3) is 0 Å². The molecule has 0 aliphatic rings. The van der Waals surface area contributed by atoms with Gasteiger partial charge in [0.15, 0.2) is 5.96 Å². The topological polar surface area (TPSA) is 67.1 Å². The van der Waals surface area contributed by atoms with E-state index in [2.05, 4.69) is 37.5 Å². The van der Waals surface area contributed by atoms with E-state index in [4.69, 9.17) is 0 Å². The minimum Gasteiger partial charge on any atom is -0.357 e. The number of rotatable bonds is 4. The van der Waals surface area contributed by atoms with E-state index in [1.165, 1.54) is 18.5 Å². The molecule has 6 nitrogen and oxygen atoms in total. The van der Waals surface area contributed by atoms with E-state index in [-0.39, 0.29) is 30.5 Å². The minimum absolute atomic E-state index is 0. The Morgan fingerprint density at radius 3 is 2.70 bits per heavy atom. The van der Waals surface area contributed by atoms with E-state index >= 15 is 0 Å². The Labute approximate surface area is 172 Å². The molecule has 27 heavy (non-hydrogen) atoms. The van der Waals surface area contributed by atoms with Crippen molar-refractivity contribution < 1.29 is 13.2 Å². The highest BCUT2D eigenvalue weighted by atomic mass is 127. The lowest BCUT2D eigenvalue weighted by atomic mass is 10.1. The Morgan fingerprint density at radius 2 is 2.07 bits per heavy atom. The SMILES string of the molecule is CCNC(=NCc1ncnn1C)NCC#Cc1cccc(C(F)(F)F)c1.I. The Balaban J connectivity index is 0.00000364. The van der Waals surface area contributed by atoms with Crippen molar-refractivity contribution in [3.8, 4) is 11.8 Å². The van der Waals surface area contributed by atoms with E-state index in [0.29, 0.717) is 30.4 Å². The molecule has 2 aromatic rings. The molecule has 0 fully saturated rings. The second-order valence-electron chi connectivity index (χ2n) is 5.23. The third kappa shape index (κ3) is 7.46. The van der Waals surface area contributed by atoms with Gasteiger partial charge in [-0.25, -0.2) is 9.98 Å². The summed E-state index contributed by atoms with van der Waals surface area (Å²) < 4.78 is 39.7. The minimum atomic E-state index is -4.37. The molecule has 2 rings (SSSR count). The molecule has 0 aliphatic carbocycles. The fraction of sp³-hybridized carbons (Fsp3) is 0.353. The Bertz CT molecular complexity index is 820. The van der Waals surface area contributed by atoms with Gasteiger partial charge in [-0.3, -0.25) is 4.68 Å². The zero-order chi connectivity index (χ0) is 19.0. The molecule has 1 aromatic heterocycles. The van der Waals surface area contributed by atoms with Gasteiger partial charge in [-0.05, 0) is 25.1 Å². The van der Waals surface area contributed by atoms with Crippen LogP contribution in [0.1, 0.15) is 23.9 Å². The van der Waals surface area contributed by atoms with Crippen molar-refractivity contribution in [2.24, 2.45) is 12.0 Å². The van der Waals surface area contributed by atoms with Crippen molar-refractivity contribution >= 4 is 29.9 Å². The number of hydrogen-bond acceptors (Lipinski definition) is 3. The predicted molar refractivity (Wildman–Crippen MR) is 108 cm³/mol. The first-order chi connectivity index (χ1) is 12.4. The molecular weight excluding hydrogens is 472 g/mol. The van der Waals surface area contributed by atoms with Crippen LogP contribution in [0.15, 0.2) is 35.6 Å². The lowest BCUT2D eigenvalue weighted by molar-refractivity contribution is -0.137. The number of nitrogens with one attached hydrogen (secondary N) is 2. The van der Waals surface area contributed by atoms with Gasteiger partial charge in [0.1, 0.15) is 18.7 Å². The molecule has 10 heteroatoms. The summed E-state index contributed by atoms with van der Waals surface area (Å²) in [5.74, 6) is 6.74. The van der Waals surface area contributed by atoms with Gasteiger partial charge in [-0.1, -0.05) is 17.9 Å². The van der Waals surface area contributed by atoms with Crippen LogP contribution in [0, 0.1) is 11.8 Å². The van der Waals surface area contributed by atoms with Crippen molar-refractivity contribution in [3.63, 3.8) is 0 Å². The smallest absolute Gasteiger partial charge is 0.357 e. The predicted octanol–water partition coefficient (Wildman–Crippen LogP) is 2.56. The molecule has 0 atom stereocenters. The van der Waals surface area contributed by atoms with Crippen LogP contribution in [0.5, 0.6) is 0 Å². The summed E-state index contributed by atoms with van der Waals surface area (Å²) in [5, 5.41) is 10.0. The van der Waals surface area contributed by atoms with Crippen LogP contribution < -0.4 is 10.6 Å². The first-order valence-electron chi connectivity index (χ1n) is 7.91. The van der Waals surface area contributed by atoms with Crippen molar-refractivity contribution in [1.29, 1.82) is 0 Å². The number of guanidine groups is 1. The maximum Gasteiger partial charge on any atom is 0.416 e. The molecule has 0 saturated carbocycles. The van der Waals surface area contributed by atoms with Gasteiger partial charge in [0.05, 0.1) is 12.1 Å². The lowest BCUT2D eigenvalue weighted by Crippen LogP contribution is -2.37. The highest BCUT2D eigenvalue weighted by molar-refractivity contribution is 14.0. The van der Waals surface area contributed by atoms with Gasteiger partial charge in [0.2, 0.25) is 0 Å². The summed E-state index contributed by atoms with van der Waals surface area (Å²) in [6.45, 7) is 3.16. The molecule has 2 N–H and O–H groups in total. The fourth-order valence-corrected chi connectivity index (χ4v) is 2.00. The van der Waals surface area contributed by atoms with Gasteiger partial charge in [0, 0.05) is 19.2 Å². The fourth-order valence-electron chi connectivity index (χ4n) is 2.00. The summed E-state index contributed by atoms with van der Waals surface area (Å²) in [6, 6.07) is 4.93. The number of alkyl halides is 3. The van der Waals surface area contributed by atoms with Crippen molar-refractivity contribution in [1.82, 2.24) is 25.4 Å². The van der Waals surface area contributed by atoms with E-state index in [9.17, 15) is 13.2 Å². The monoisotopic (exact) mass is 492 g/mol. The third-order valence-electron chi connectivity index (χ3n) is 3.29. The van der Waals surface area contributed by atoms with Crippen LogP contribution in [0.2, 0.25) is 0 Å². The third-order valence-corrected chi connectivity index (χ3v) is 3.29. The van der Waals surface area contributed by atoms with E-state index in [1.54, 1.807) is 11.7 Å². The molecule has 0 spiro atoms. The van der Waals surface area contributed by atoms with E-state index in [1.807, 2.05) is 6.92 Å². The average Bonchev–Trinajstić information content (AvgIpc) is 3.01. The molecule has 0 aliphatic heterocycles. The van der Waals surface area contributed by atoms with Crippen molar-refractivity contribution in [3.05, 3.63) is 47.5 Å². The van der Waals surface area contributed by atoms with Crippen LogP contribution in [-0.4, -0.2) is 33.8 Å². The van der Waals surface area contributed by atoms with Crippen LogP contribution in [-0.2, 0) is 19.8 Å². The molecule has 146 valence electrons. The van der Waals surface area contributed by atoms with E-state index in [0.717, 1.165) is 12.1 Å². The number of aliphatic imine (C=N–C) groups is 1. The number of benzene rings is 1. The molecule has 0 unspecified atom stereocenters. The van der Waals surface area contributed by atoms with Gasteiger partial charge in [-0.15, -0.1) is 24.0 Å². The average molecular weight is 492 g/mol. The maximum atomic E-state index is 12.7. The summed E-state index contributed by atoms with van der Waals surface area (Å²) in [4.78, 5) is 8.44. The van der Waals surface area contributed by atoms with Crippen LogP contribution in [0.4, 0.5) is 13.2 Å². The second kappa shape index (κ2) is 10.8. The van der Waals surface area contributed by atoms with Gasteiger partial charge < -0.3 is 10.6 Å². The first kappa shape index (κ1) is 22.8. The van der Waals surface area contributed by atoms with Crippen molar-refractivity contribution in [2.75, 3.05) is 13.1 Å². The Morgan fingerprint density at radius 1 is 1.30 bits per heavy atom. The number of aromatic nitrogens is 3. The molecule has 0 saturated heterocycles. The Kier molecular flexibility index (Phi) is 9.07. The standard InChI is InChI=1S/C17H19F3N6.HI/c1-3-21-16(23-11-15-24-12-25-26(15)2)22-9-5-7-13-6-4-8-14(10-13)17(18,19)20;/h4,6,8,10,12H,3,9,11H2,1-2H3,(H2,21,22,23);1H. The first-order valence-corrected chi connectivity index (χ1v) is 7.91. The largest absolute Gasteiger partial charge is 0.416 e. The zero-order valence-electron chi connectivity index (χ0n) is 14.8. The summed E-state index contributed by atoms with van der Waals surface area (Å²) >= 11 is 0. The molecule has 0 bridgehead atoms. The van der Waals surface area contributed by atoms with Crippen LogP contribution in [0.25, 0.3) is 0 Å². The highest BCUT2D eigenvalue weighted by Crippen LogP contribution is 2.29. The maximum absolute atomic E-state index is 12.7. The highest BCUT2D eigenvalue weighted by Gasteiger charge is 2.30. The Hall–Kier alpha value is -2.29. The van der Waals surface area contributed by atoms with Gasteiger partial charge >= 0.3 is 6.18 Å². The van der Waals surface area contributed by atoms with E-state index < -0.39 is 11.7 Å². The summed E-state index contributed by atoms with van der Waals surface area (Å²) in [6.07, 6.45) is -2.92. The molecule has 0 amide bonds. The quantitative estimate of drug-likeness (QED) is 0.298.